The number of ether oxygens (including phenoxy) is 2. The van der Waals surface area contributed by atoms with Gasteiger partial charge in [-0.15, -0.1) is 0 Å². The predicted molar refractivity (Wildman–Crippen MR) is 66.3 cm³/mol. The van der Waals surface area contributed by atoms with Crippen LogP contribution in [0.15, 0.2) is 12.1 Å². The lowest BCUT2D eigenvalue weighted by molar-refractivity contribution is 0.390. The molecule has 0 amide bonds. The number of aryl methyl sites for hydroxylation is 1. The van der Waals surface area contributed by atoms with Crippen molar-refractivity contribution in [3.05, 3.63) is 23.3 Å². The van der Waals surface area contributed by atoms with E-state index in [2.05, 4.69) is 0 Å². The Morgan fingerprint density at radius 3 is 2.12 bits per heavy atom. The maximum Gasteiger partial charge on any atom is 0.122 e. The van der Waals surface area contributed by atoms with Gasteiger partial charge in [-0.1, -0.05) is 0 Å². The number of hydrogen-bond acceptors (Lipinski definition) is 3. The van der Waals surface area contributed by atoms with Gasteiger partial charge in [0, 0.05) is 5.54 Å². The summed E-state index contributed by atoms with van der Waals surface area (Å²) in [5.74, 6) is 1.75. The molecule has 3 nitrogen and oxygen atoms in total. The van der Waals surface area contributed by atoms with E-state index in [1.165, 1.54) is 0 Å². The lowest BCUT2D eigenvalue weighted by atomic mass is 9.94. The molecule has 1 aromatic carbocycles. The van der Waals surface area contributed by atoms with Crippen molar-refractivity contribution < 1.29 is 9.47 Å². The summed E-state index contributed by atoms with van der Waals surface area (Å²) in [6, 6.07) is 3.99. The summed E-state index contributed by atoms with van der Waals surface area (Å²) in [4.78, 5) is 0. The number of rotatable bonds is 4. The van der Waals surface area contributed by atoms with Crippen LogP contribution in [0.1, 0.15) is 25.0 Å². The standard InChI is InChI=1S/C13H21NO2/c1-9-6-12(16-5)10(7-11(9)15-4)8-13(2,3)14/h6-7H,8,14H2,1-5H3. The summed E-state index contributed by atoms with van der Waals surface area (Å²) >= 11 is 0. The zero-order valence-corrected chi connectivity index (χ0v) is 10.8. The fourth-order valence-electron chi connectivity index (χ4n) is 1.74. The molecule has 0 heterocycles. The Kier molecular flexibility index (Phi) is 3.81. The van der Waals surface area contributed by atoms with Crippen molar-refractivity contribution in [2.45, 2.75) is 32.7 Å². The molecule has 0 radical (unpaired) electrons. The summed E-state index contributed by atoms with van der Waals surface area (Å²) in [6.07, 6.45) is 0.757. The summed E-state index contributed by atoms with van der Waals surface area (Å²) in [7, 11) is 3.35. The molecule has 0 saturated carbocycles. The van der Waals surface area contributed by atoms with E-state index >= 15 is 0 Å². The SMILES string of the molecule is COc1cc(CC(C)(C)N)c(OC)cc1C. The molecule has 0 unspecified atom stereocenters. The second-order valence-electron chi connectivity index (χ2n) is 4.80. The maximum absolute atomic E-state index is 6.02. The molecule has 0 aliphatic rings. The minimum atomic E-state index is -0.256. The summed E-state index contributed by atoms with van der Waals surface area (Å²) in [6.45, 7) is 6.00. The van der Waals surface area contributed by atoms with Crippen LogP contribution in [-0.4, -0.2) is 19.8 Å². The quantitative estimate of drug-likeness (QED) is 0.851. The molecule has 16 heavy (non-hydrogen) atoms. The predicted octanol–water partition coefficient (Wildman–Crippen LogP) is 2.29. The largest absolute Gasteiger partial charge is 0.496 e. The zero-order valence-electron chi connectivity index (χ0n) is 10.8. The third kappa shape index (κ3) is 3.14. The monoisotopic (exact) mass is 223 g/mol. The zero-order chi connectivity index (χ0) is 12.3. The van der Waals surface area contributed by atoms with E-state index in [1.54, 1.807) is 14.2 Å². The van der Waals surface area contributed by atoms with Gasteiger partial charge < -0.3 is 15.2 Å². The van der Waals surface area contributed by atoms with Gasteiger partial charge in [-0.3, -0.25) is 0 Å². The van der Waals surface area contributed by atoms with E-state index in [9.17, 15) is 0 Å². The number of hydrogen-bond donors (Lipinski definition) is 1. The normalized spacial score (nSPS) is 11.4. The van der Waals surface area contributed by atoms with Gasteiger partial charge in [0.05, 0.1) is 14.2 Å². The molecule has 0 bridgehead atoms. The third-order valence-corrected chi connectivity index (χ3v) is 2.44. The molecule has 1 aromatic rings. The van der Waals surface area contributed by atoms with Crippen LogP contribution < -0.4 is 15.2 Å². The number of nitrogens with two attached hydrogens (primary N) is 1. The van der Waals surface area contributed by atoms with Crippen LogP contribution in [0.4, 0.5) is 0 Å². The molecule has 3 heteroatoms. The van der Waals surface area contributed by atoms with Gasteiger partial charge in [0.25, 0.3) is 0 Å². The van der Waals surface area contributed by atoms with E-state index in [4.69, 9.17) is 15.2 Å². The molecular weight excluding hydrogens is 202 g/mol. The van der Waals surface area contributed by atoms with E-state index < -0.39 is 0 Å². The number of benzene rings is 1. The van der Waals surface area contributed by atoms with Crippen LogP contribution in [0.25, 0.3) is 0 Å². The van der Waals surface area contributed by atoms with Crippen molar-refractivity contribution in [1.82, 2.24) is 0 Å². The van der Waals surface area contributed by atoms with Crippen molar-refractivity contribution >= 4 is 0 Å². The smallest absolute Gasteiger partial charge is 0.122 e. The first-order chi connectivity index (χ1) is 7.37. The minimum Gasteiger partial charge on any atom is -0.496 e. The Labute approximate surface area is 97.6 Å². The van der Waals surface area contributed by atoms with Crippen LogP contribution in [0, 0.1) is 6.92 Å². The van der Waals surface area contributed by atoms with Gasteiger partial charge >= 0.3 is 0 Å². The molecule has 0 saturated heterocycles. The van der Waals surface area contributed by atoms with Gasteiger partial charge in [0.2, 0.25) is 0 Å². The second kappa shape index (κ2) is 4.74. The van der Waals surface area contributed by atoms with Crippen molar-refractivity contribution in [3.8, 4) is 11.5 Å². The van der Waals surface area contributed by atoms with Crippen molar-refractivity contribution in [1.29, 1.82) is 0 Å². The Bertz CT molecular complexity index is 367. The van der Waals surface area contributed by atoms with Crippen LogP contribution in [-0.2, 0) is 6.42 Å². The first-order valence-corrected chi connectivity index (χ1v) is 5.38. The van der Waals surface area contributed by atoms with E-state index in [0.717, 1.165) is 29.0 Å². The third-order valence-electron chi connectivity index (χ3n) is 2.44. The minimum absolute atomic E-state index is 0.256. The Balaban J connectivity index is 3.15. The first kappa shape index (κ1) is 12.8. The highest BCUT2D eigenvalue weighted by atomic mass is 16.5. The van der Waals surface area contributed by atoms with E-state index in [1.807, 2.05) is 32.9 Å². The van der Waals surface area contributed by atoms with Gasteiger partial charge in [-0.2, -0.15) is 0 Å². The summed E-state index contributed by atoms with van der Waals surface area (Å²) in [5, 5.41) is 0. The molecule has 0 spiro atoms. The molecule has 0 atom stereocenters. The Morgan fingerprint density at radius 1 is 1.12 bits per heavy atom. The maximum atomic E-state index is 6.02. The van der Waals surface area contributed by atoms with Gasteiger partial charge in [-0.05, 0) is 50.5 Å². The lowest BCUT2D eigenvalue weighted by Crippen LogP contribution is -2.34. The van der Waals surface area contributed by atoms with Gasteiger partial charge in [0.15, 0.2) is 0 Å². The Hall–Kier alpha value is -1.22. The van der Waals surface area contributed by atoms with Crippen LogP contribution in [0.2, 0.25) is 0 Å². The van der Waals surface area contributed by atoms with Crippen molar-refractivity contribution in [2.75, 3.05) is 14.2 Å². The summed E-state index contributed by atoms with van der Waals surface area (Å²) < 4.78 is 10.7. The van der Waals surface area contributed by atoms with Crippen LogP contribution >= 0.6 is 0 Å². The average molecular weight is 223 g/mol. The van der Waals surface area contributed by atoms with Gasteiger partial charge in [-0.25, -0.2) is 0 Å². The fraction of sp³-hybridized carbons (Fsp3) is 0.538. The molecule has 1 rings (SSSR count). The fourth-order valence-corrected chi connectivity index (χ4v) is 1.74. The molecule has 0 fully saturated rings. The van der Waals surface area contributed by atoms with Crippen LogP contribution in [0.5, 0.6) is 11.5 Å². The van der Waals surface area contributed by atoms with E-state index in [0.29, 0.717) is 0 Å². The highest BCUT2D eigenvalue weighted by molar-refractivity contribution is 5.46. The molecule has 0 aliphatic heterocycles. The highest BCUT2D eigenvalue weighted by Crippen LogP contribution is 2.30. The first-order valence-electron chi connectivity index (χ1n) is 5.38. The summed E-state index contributed by atoms with van der Waals surface area (Å²) in [5.41, 5.74) is 7.92. The molecule has 0 aromatic heterocycles. The van der Waals surface area contributed by atoms with Crippen molar-refractivity contribution in [2.24, 2.45) is 5.73 Å². The van der Waals surface area contributed by atoms with Crippen LogP contribution in [0.3, 0.4) is 0 Å². The highest BCUT2D eigenvalue weighted by Gasteiger charge is 2.16. The lowest BCUT2D eigenvalue weighted by Gasteiger charge is -2.21. The average Bonchev–Trinajstić information content (AvgIpc) is 2.18. The Morgan fingerprint density at radius 2 is 1.69 bits per heavy atom. The van der Waals surface area contributed by atoms with Crippen molar-refractivity contribution in [3.63, 3.8) is 0 Å². The van der Waals surface area contributed by atoms with Gasteiger partial charge in [0.1, 0.15) is 11.5 Å². The van der Waals surface area contributed by atoms with E-state index in [-0.39, 0.29) is 5.54 Å². The second-order valence-corrected chi connectivity index (χ2v) is 4.80. The topological polar surface area (TPSA) is 44.5 Å². The molecular formula is C13H21NO2. The molecule has 2 N–H and O–H groups in total. The number of methoxy groups -OCH3 is 2. The molecule has 0 aliphatic carbocycles. The molecule has 90 valence electrons.